The van der Waals surface area contributed by atoms with Crippen LogP contribution < -0.4 is 10.5 Å². The summed E-state index contributed by atoms with van der Waals surface area (Å²) in [4.78, 5) is 11.0. The van der Waals surface area contributed by atoms with Gasteiger partial charge in [0.2, 0.25) is 5.91 Å². The molecular weight excluding hydrogens is 240 g/mol. The Hall–Kier alpha value is -2.02. The van der Waals surface area contributed by atoms with Crippen molar-refractivity contribution in [1.82, 2.24) is 0 Å². The van der Waals surface area contributed by atoms with Crippen molar-refractivity contribution in [1.29, 1.82) is 5.26 Å². The van der Waals surface area contributed by atoms with E-state index in [1.807, 2.05) is 0 Å². The molecule has 2 N–H and O–H groups in total. The first kappa shape index (κ1) is 15.0. The number of nitrogens with two attached hydrogens (primary N) is 1. The Balaban J connectivity index is 2.59. The molecule has 0 saturated carbocycles. The van der Waals surface area contributed by atoms with Gasteiger partial charge in [-0.2, -0.15) is 5.26 Å². The highest BCUT2D eigenvalue weighted by Gasteiger charge is 2.13. The van der Waals surface area contributed by atoms with Crippen LogP contribution in [0.3, 0.4) is 0 Å². The van der Waals surface area contributed by atoms with E-state index in [0.717, 1.165) is 25.7 Å². The molecule has 0 radical (unpaired) electrons. The molecule has 1 aromatic rings. The van der Waals surface area contributed by atoms with Gasteiger partial charge in [-0.25, -0.2) is 0 Å². The van der Waals surface area contributed by atoms with Crippen LogP contribution in [0.1, 0.15) is 44.6 Å². The van der Waals surface area contributed by atoms with E-state index in [-0.39, 0.29) is 18.4 Å². The summed E-state index contributed by atoms with van der Waals surface area (Å²) >= 11 is 0. The second-order valence-corrected chi connectivity index (χ2v) is 4.54. The molecule has 0 aliphatic heterocycles. The Kier molecular flexibility index (Phi) is 6.45. The largest absolute Gasteiger partial charge is 0.490 e. The monoisotopic (exact) mass is 260 g/mol. The molecule has 0 saturated heterocycles. The Morgan fingerprint density at radius 1 is 1.37 bits per heavy atom. The van der Waals surface area contributed by atoms with Crippen molar-refractivity contribution in [2.45, 2.75) is 45.1 Å². The molecule has 1 atom stereocenters. The first-order chi connectivity index (χ1) is 9.15. The lowest BCUT2D eigenvalue weighted by atomic mass is 10.1. The molecule has 0 fully saturated rings. The average Bonchev–Trinajstić information content (AvgIpc) is 2.39. The van der Waals surface area contributed by atoms with Crippen molar-refractivity contribution in [3.05, 3.63) is 29.8 Å². The Morgan fingerprint density at radius 2 is 2.05 bits per heavy atom. The van der Waals surface area contributed by atoms with E-state index >= 15 is 0 Å². The number of amides is 1. The number of carbonyl (C=O) groups is 1. The summed E-state index contributed by atoms with van der Waals surface area (Å²) < 4.78 is 5.76. The van der Waals surface area contributed by atoms with E-state index in [0.29, 0.717) is 11.3 Å². The number of nitriles is 1. The summed E-state index contributed by atoms with van der Waals surface area (Å²) in [5.41, 5.74) is 5.82. The van der Waals surface area contributed by atoms with Gasteiger partial charge in [0.25, 0.3) is 0 Å². The zero-order valence-electron chi connectivity index (χ0n) is 11.3. The summed E-state index contributed by atoms with van der Waals surface area (Å²) in [6, 6.07) is 8.93. The van der Waals surface area contributed by atoms with Gasteiger partial charge in [0, 0.05) is 0 Å². The zero-order valence-corrected chi connectivity index (χ0v) is 11.3. The van der Waals surface area contributed by atoms with Crippen LogP contribution in [0.25, 0.3) is 0 Å². The normalized spacial score (nSPS) is 11.6. The molecule has 1 rings (SSSR count). The molecule has 1 aromatic carbocycles. The summed E-state index contributed by atoms with van der Waals surface area (Å²) in [7, 11) is 0. The summed E-state index contributed by atoms with van der Waals surface area (Å²) in [5.74, 6) is 0.317. The van der Waals surface area contributed by atoms with E-state index in [4.69, 9.17) is 15.7 Å². The lowest BCUT2D eigenvalue weighted by Gasteiger charge is -2.17. The van der Waals surface area contributed by atoms with Gasteiger partial charge in [-0.3, -0.25) is 4.79 Å². The van der Waals surface area contributed by atoms with Gasteiger partial charge >= 0.3 is 0 Å². The smallest absolute Gasteiger partial charge is 0.221 e. The van der Waals surface area contributed by atoms with E-state index in [9.17, 15) is 4.79 Å². The minimum atomic E-state index is -0.352. The minimum absolute atomic E-state index is 0.183. The van der Waals surface area contributed by atoms with Crippen LogP contribution in [0.15, 0.2) is 24.3 Å². The summed E-state index contributed by atoms with van der Waals surface area (Å²) in [5, 5.41) is 8.72. The number of carbonyl (C=O) groups excluding carboxylic acids is 1. The van der Waals surface area contributed by atoms with Crippen LogP contribution in [0, 0.1) is 11.3 Å². The average molecular weight is 260 g/mol. The topological polar surface area (TPSA) is 76.1 Å². The molecule has 0 spiro atoms. The number of hydrogen-bond acceptors (Lipinski definition) is 3. The lowest BCUT2D eigenvalue weighted by molar-refractivity contribution is -0.119. The first-order valence-corrected chi connectivity index (χ1v) is 6.60. The van der Waals surface area contributed by atoms with Crippen LogP contribution in [-0.4, -0.2) is 12.0 Å². The van der Waals surface area contributed by atoms with Crippen molar-refractivity contribution in [3.8, 4) is 11.8 Å². The van der Waals surface area contributed by atoms with E-state index in [2.05, 4.69) is 13.0 Å². The predicted octanol–water partition coefficient (Wildman–Crippen LogP) is 2.76. The number of ether oxygens (including phenoxy) is 1. The quantitative estimate of drug-likeness (QED) is 0.730. The van der Waals surface area contributed by atoms with Gasteiger partial charge in [-0.05, 0) is 37.1 Å². The van der Waals surface area contributed by atoms with Crippen molar-refractivity contribution >= 4 is 5.91 Å². The van der Waals surface area contributed by atoms with Crippen LogP contribution >= 0.6 is 0 Å². The van der Waals surface area contributed by atoms with Crippen LogP contribution in [0.2, 0.25) is 0 Å². The van der Waals surface area contributed by atoms with Crippen molar-refractivity contribution < 1.29 is 9.53 Å². The second-order valence-electron chi connectivity index (χ2n) is 4.54. The first-order valence-electron chi connectivity index (χ1n) is 6.60. The van der Waals surface area contributed by atoms with Gasteiger partial charge in [0.15, 0.2) is 0 Å². The fraction of sp³-hybridized carbons (Fsp3) is 0.467. The molecule has 0 heterocycles. The van der Waals surface area contributed by atoms with Crippen molar-refractivity contribution in [2.24, 2.45) is 5.73 Å². The number of nitrogens with zero attached hydrogens (tertiary/aromatic N) is 1. The number of primary amides is 1. The van der Waals surface area contributed by atoms with Gasteiger partial charge in [0.05, 0.1) is 18.1 Å². The van der Waals surface area contributed by atoms with Gasteiger partial charge in [0.1, 0.15) is 11.9 Å². The lowest BCUT2D eigenvalue weighted by Crippen LogP contribution is -2.25. The maximum absolute atomic E-state index is 11.0. The highest BCUT2D eigenvalue weighted by Crippen LogP contribution is 2.18. The second kappa shape index (κ2) is 8.15. The Bertz CT molecular complexity index is 434. The maximum atomic E-state index is 11.0. The molecule has 4 heteroatoms. The molecule has 4 nitrogen and oxygen atoms in total. The molecule has 1 unspecified atom stereocenters. The van der Waals surface area contributed by atoms with Crippen LogP contribution in [0.5, 0.6) is 5.75 Å². The summed E-state index contributed by atoms with van der Waals surface area (Å²) in [6.07, 6.45) is 4.12. The third-order valence-corrected chi connectivity index (χ3v) is 2.84. The molecule has 102 valence electrons. The molecule has 19 heavy (non-hydrogen) atoms. The molecule has 1 amide bonds. The highest BCUT2D eigenvalue weighted by molar-refractivity contribution is 5.74. The van der Waals surface area contributed by atoms with Crippen molar-refractivity contribution in [2.75, 3.05) is 0 Å². The molecule has 0 aliphatic carbocycles. The predicted molar refractivity (Wildman–Crippen MR) is 73.5 cm³/mol. The van der Waals surface area contributed by atoms with E-state index < -0.39 is 0 Å². The van der Waals surface area contributed by atoms with E-state index in [1.165, 1.54) is 0 Å². The van der Waals surface area contributed by atoms with Crippen molar-refractivity contribution in [3.63, 3.8) is 0 Å². The zero-order chi connectivity index (χ0) is 14.1. The van der Waals surface area contributed by atoms with Crippen LogP contribution in [0.4, 0.5) is 0 Å². The van der Waals surface area contributed by atoms with E-state index in [1.54, 1.807) is 24.3 Å². The SMILES string of the molecule is CCCCCC(CC(N)=O)Oc1ccc(C#N)cc1. The number of unbranched alkanes of at least 4 members (excludes halogenated alkanes) is 2. The standard InChI is InChI=1S/C15H20N2O2/c1-2-3-4-5-14(10-15(17)18)19-13-8-6-12(11-16)7-9-13/h6-9,14H,2-5,10H2,1H3,(H2,17,18). The minimum Gasteiger partial charge on any atom is -0.490 e. The number of benzene rings is 1. The third-order valence-electron chi connectivity index (χ3n) is 2.84. The highest BCUT2D eigenvalue weighted by atomic mass is 16.5. The van der Waals surface area contributed by atoms with Crippen LogP contribution in [-0.2, 0) is 4.79 Å². The third kappa shape index (κ3) is 5.91. The van der Waals surface area contributed by atoms with Gasteiger partial charge < -0.3 is 10.5 Å². The number of rotatable bonds is 8. The fourth-order valence-electron chi connectivity index (χ4n) is 1.85. The summed E-state index contributed by atoms with van der Waals surface area (Å²) in [6.45, 7) is 2.13. The van der Waals surface area contributed by atoms with Gasteiger partial charge in [-0.1, -0.05) is 19.8 Å². The Morgan fingerprint density at radius 3 is 2.58 bits per heavy atom. The fourth-order valence-corrected chi connectivity index (χ4v) is 1.85. The molecule has 0 aliphatic rings. The maximum Gasteiger partial charge on any atom is 0.221 e. The molecular formula is C15H20N2O2. The Labute approximate surface area is 114 Å². The van der Waals surface area contributed by atoms with Gasteiger partial charge in [-0.15, -0.1) is 0 Å². The molecule has 0 aromatic heterocycles. The number of hydrogen-bond donors (Lipinski definition) is 1. The molecule has 0 bridgehead atoms.